The van der Waals surface area contributed by atoms with Gasteiger partial charge in [0.25, 0.3) is 0 Å². The number of hydrogen-bond acceptors (Lipinski definition) is 2. The molecule has 3 N–H and O–H groups in total. The number of hydrogen-bond donors (Lipinski definition) is 2. The van der Waals surface area contributed by atoms with Crippen LogP contribution in [0, 0.1) is 0 Å². The van der Waals surface area contributed by atoms with Gasteiger partial charge in [-0.25, -0.2) is 0 Å². The summed E-state index contributed by atoms with van der Waals surface area (Å²) in [4.78, 5) is 0.387. The van der Waals surface area contributed by atoms with Crippen LogP contribution < -0.4 is 5.73 Å². The molecule has 3 heteroatoms. The van der Waals surface area contributed by atoms with Crippen LogP contribution in [0.4, 0.5) is 0 Å². The van der Waals surface area contributed by atoms with Gasteiger partial charge in [-0.15, -0.1) is 0 Å². The Hall–Kier alpha value is -0.150. The van der Waals surface area contributed by atoms with Gasteiger partial charge in [-0.3, -0.25) is 0 Å². The molecule has 0 aromatic heterocycles. The fourth-order valence-corrected chi connectivity index (χ4v) is 1.31. The van der Waals surface area contributed by atoms with E-state index in [-0.39, 0.29) is 0 Å². The minimum atomic E-state index is -0.694. The highest BCUT2D eigenvalue weighted by Gasteiger charge is 2.19. The Morgan fingerprint density at radius 3 is 2.50 bits per heavy atom. The third-order valence-corrected chi connectivity index (χ3v) is 1.49. The van der Waals surface area contributed by atoms with Gasteiger partial charge in [-0.2, -0.15) is 0 Å². The predicted molar refractivity (Wildman–Crippen MR) is 46.9 cm³/mol. The minimum absolute atomic E-state index is 0.387. The molecule has 0 aliphatic heterocycles. The summed E-state index contributed by atoms with van der Waals surface area (Å²) in [5.74, 6) is 0. The molecule has 60 valence electrons. The molecule has 1 atom stereocenters. The molecule has 0 radical (unpaired) electrons. The van der Waals surface area contributed by atoms with Crippen LogP contribution in [0.25, 0.3) is 0 Å². The number of rotatable bonds is 4. The van der Waals surface area contributed by atoms with Gasteiger partial charge in [0, 0.05) is 6.42 Å². The van der Waals surface area contributed by atoms with Gasteiger partial charge in [0.15, 0.2) is 0 Å². The first-order valence-corrected chi connectivity index (χ1v) is 3.89. The standard InChI is InChI=1S/C7H15NOS/c1-3-4-7(2,9)5-6(8)10/h9H,3-5H2,1-2H3,(H2,8,10). The van der Waals surface area contributed by atoms with E-state index in [2.05, 4.69) is 12.2 Å². The second-order valence-corrected chi connectivity index (χ2v) is 3.41. The lowest BCUT2D eigenvalue weighted by molar-refractivity contribution is 0.0581. The molecule has 0 aliphatic rings. The third-order valence-electron chi connectivity index (χ3n) is 1.34. The molecule has 0 amide bonds. The second-order valence-electron chi connectivity index (χ2n) is 2.89. The van der Waals surface area contributed by atoms with Crippen molar-refractivity contribution in [3.63, 3.8) is 0 Å². The van der Waals surface area contributed by atoms with Crippen molar-refractivity contribution in [2.75, 3.05) is 0 Å². The Morgan fingerprint density at radius 2 is 2.20 bits per heavy atom. The maximum absolute atomic E-state index is 9.52. The molecular weight excluding hydrogens is 146 g/mol. The van der Waals surface area contributed by atoms with Crippen molar-refractivity contribution >= 4 is 17.2 Å². The lowest BCUT2D eigenvalue weighted by Crippen LogP contribution is -2.29. The maximum Gasteiger partial charge on any atom is 0.0756 e. The average molecular weight is 161 g/mol. The van der Waals surface area contributed by atoms with Crippen LogP contribution in [0.5, 0.6) is 0 Å². The zero-order valence-corrected chi connectivity index (χ0v) is 7.37. The highest BCUT2D eigenvalue weighted by atomic mass is 32.1. The molecular formula is C7H15NOS. The molecule has 0 aromatic carbocycles. The number of aliphatic hydroxyl groups is 1. The number of nitrogens with two attached hydrogens (primary N) is 1. The highest BCUT2D eigenvalue weighted by molar-refractivity contribution is 7.80. The Balaban J connectivity index is 3.74. The van der Waals surface area contributed by atoms with Crippen molar-refractivity contribution in [3.05, 3.63) is 0 Å². The first-order chi connectivity index (χ1) is 4.48. The second kappa shape index (κ2) is 3.88. The first-order valence-electron chi connectivity index (χ1n) is 3.48. The highest BCUT2D eigenvalue weighted by Crippen LogP contribution is 2.15. The van der Waals surface area contributed by atoms with E-state index in [0.717, 1.165) is 12.8 Å². The maximum atomic E-state index is 9.52. The molecule has 0 rings (SSSR count). The Labute approximate surface area is 67.4 Å². The minimum Gasteiger partial charge on any atom is -0.393 e. The van der Waals surface area contributed by atoms with Crippen LogP contribution in [0.2, 0.25) is 0 Å². The van der Waals surface area contributed by atoms with Crippen LogP contribution in [0.3, 0.4) is 0 Å². The van der Waals surface area contributed by atoms with Gasteiger partial charge >= 0.3 is 0 Å². The van der Waals surface area contributed by atoms with Crippen LogP contribution in [-0.2, 0) is 0 Å². The van der Waals surface area contributed by atoms with Crippen molar-refractivity contribution in [3.8, 4) is 0 Å². The van der Waals surface area contributed by atoms with E-state index in [1.807, 2.05) is 6.92 Å². The van der Waals surface area contributed by atoms with E-state index in [4.69, 9.17) is 5.73 Å². The molecule has 0 aromatic rings. The van der Waals surface area contributed by atoms with Crippen LogP contribution >= 0.6 is 12.2 Å². The lowest BCUT2D eigenvalue weighted by Gasteiger charge is -2.21. The summed E-state index contributed by atoms with van der Waals surface area (Å²) in [6.07, 6.45) is 2.14. The molecule has 10 heavy (non-hydrogen) atoms. The van der Waals surface area contributed by atoms with Gasteiger partial charge in [-0.05, 0) is 13.3 Å². The van der Waals surface area contributed by atoms with Crippen molar-refractivity contribution in [1.82, 2.24) is 0 Å². The Kier molecular flexibility index (Phi) is 3.83. The molecule has 0 aliphatic carbocycles. The first kappa shape index (κ1) is 9.85. The average Bonchev–Trinajstić information content (AvgIpc) is 1.59. The van der Waals surface area contributed by atoms with Crippen LogP contribution in [-0.4, -0.2) is 15.7 Å². The topological polar surface area (TPSA) is 46.2 Å². The molecule has 0 heterocycles. The van der Waals surface area contributed by atoms with Crippen molar-refractivity contribution in [2.45, 2.75) is 38.7 Å². The van der Waals surface area contributed by atoms with E-state index in [1.165, 1.54) is 0 Å². The molecule has 0 fully saturated rings. The smallest absolute Gasteiger partial charge is 0.0756 e. The summed E-state index contributed by atoms with van der Waals surface area (Å²) in [6, 6.07) is 0. The van der Waals surface area contributed by atoms with Crippen molar-refractivity contribution in [1.29, 1.82) is 0 Å². The summed E-state index contributed by atoms with van der Waals surface area (Å²) < 4.78 is 0. The Bertz CT molecular complexity index is 123. The third kappa shape index (κ3) is 4.70. The Morgan fingerprint density at radius 1 is 1.70 bits per heavy atom. The summed E-state index contributed by atoms with van der Waals surface area (Å²) in [5, 5.41) is 9.52. The van der Waals surface area contributed by atoms with E-state index in [9.17, 15) is 5.11 Å². The molecule has 0 saturated heterocycles. The van der Waals surface area contributed by atoms with Gasteiger partial charge in [-0.1, -0.05) is 25.6 Å². The fraction of sp³-hybridized carbons (Fsp3) is 0.857. The normalized spacial score (nSPS) is 16.3. The summed E-state index contributed by atoms with van der Waals surface area (Å²) >= 11 is 4.68. The largest absolute Gasteiger partial charge is 0.393 e. The zero-order chi connectivity index (χ0) is 8.20. The van der Waals surface area contributed by atoms with Gasteiger partial charge in [0.05, 0.1) is 10.6 Å². The van der Waals surface area contributed by atoms with E-state index in [0.29, 0.717) is 11.4 Å². The summed E-state index contributed by atoms with van der Waals surface area (Å²) in [5.41, 5.74) is 4.59. The van der Waals surface area contributed by atoms with Gasteiger partial charge in [0.1, 0.15) is 0 Å². The van der Waals surface area contributed by atoms with Crippen molar-refractivity contribution < 1.29 is 5.11 Å². The summed E-state index contributed by atoms with van der Waals surface area (Å²) in [7, 11) is 0. The van der Waals surface area contributed by atoms with Gasteiger partial charge < -0.3 is 10.8 Å². The molecule has 0 bridgehead atoms. The van der Waals surface area contributed by atoms with E-state index in [1.54, 1.807) is 6.92 Å². The molecule has 0 saturated carbocycles. The summed E-state index contributed by atoms with van der Waals surface area (Å²) in [6.45, 7) is 3.78. The lowest BCUT2D eigenvalue weighted by atomic mass is 9.97. The molecule has 0 spiro atoms. The van der Waals surface area contributed by atoms with E-state index < -0.39 is 5.60 Å². The van der Waals surface area contributed by atoms with Crippen LogP contribution in [0.1, 0.15) is 33.1 Å². The van der Waals surface area contributed by atoms with Crippen molar-refractivity contribution in [2.24, 2.45) is 5.73 Å². The SMILES string of the molecule is CCCC(C)(O)CC(N)=S. The fourth-order valence-electron chi connectivity index (χ4n) is 1.00. The van der Waals surface area contributed by atoms with Crippen LogP contribution in [0.15, 0.2) is 0 Å². The molecule has 1 unspecified atom stereocenters. The predicted octanol–water partition coefficient (Wildman–Crippen LogP) is 1.21. The van der Waals surface area contributed by atoms with E-state index >= 15 is 0 Å². The molecule has 2 nitrogen and oxygen atoms in total. The van der Waals surface area contributed by atoms with Gasteiger partial charge in [0.2, 0.25) is 0 Å². The quantitative estimate of drug-likeness (QED) is 0.609. The number of thiocarbonyl (C=S) groups is 1. The zero-order valence-electron chi connectivity index (χ0n) is 6.55. The monoisotopic (exact) mass is 161 g/mol.